The van der Waals surface area contributed by atoms with E-state index >= 15 is 4.39 Å². The molecular weight excluding hydrogens is 731 g/mol. The fourth-order valence-corrected chi connectivity index (χ4v) is 5.94. The number of carbonyl (C=O) groups is 3. The number of hydrogen-bond donors (Lipinski definition) is 4. The number of aliphatic imine (C=N–C) groups is 1. The first kappa shape index (κ1) is 42.3. The minimum atomic E-state index is -0.873. The van der Waals surface area contributed by atoms with Crippen LogP contribution in [0, 0.1) is 5.82 Å². The number of nitrogens with zero attached hydrogens (tertiary/aromatic N) is 1. The minimum Gasteiger partial charge on any atom is -0.494 e. The Morgan fingerprint density at radius 2 is 1.23 bits per heavy atom. The van der Waals surface area contributed by atoms with Gasteiger partial charge in [-0.1, -0.05) is 18.2 Å². The van der Waals surface area contributed by atoms with Gasteiger partial charge >= 0.3 is 0 Å². The van der Waals surface area contributed by atoms with Crippen LogP contribution in [0.25, 0.3) is 0 Å². The normalized spacial score (nSPS) is 15.8. The second kappa shape index (κ2) is 22.7. The summed E-state index contributed by atoms with van der Waals surface area (Å²) in [6.07, 6.45) is 1.79. The second-order valence-electron chi connectivity index (χ2n) is 12.7. The van der Waals surface area contributed by atoms with Crippen molar-refractivity contribution in [1.29, 1.82) is 0 Å². The number of aliphatic hydroxyl groups excluding tert-OH is 1. The molecule has 15 nitrogen and oxygen atoms in total. The second-order valence-corrected chi connectivity index (χ2v) is 12.7. The Labute approximate surface area is 324 Å². The highest BCUT2D eigenvalue weighted by molar-refractivity contribution is 6.11. The third-order valence-electron chi connectivity index (χ3n) is 8.88. The molecule has 0 bridgehead atoms. The maximum absolute atomic E-state index is 15.5. The highest BCUT2D eigenvalue weighted by atomic mass is 19.1. The van der Waals surface area contributed by atoms with E-state index in [1.807, 2.05) is 12.1 Å². The predicted molar refractivity (Wildman–Crippen MR) is 203 cm³/mol. The first-order valence-corrected chi connectivity index (χ1v) is 18.5. The molecule has 4 N–H and O–H groups in total. The molecule has 2 heterocycles. The molecule has 0 unspecified atom stereocenters. The molecule has 0 spiro atoms. The summed E-state index contributed by atoms with van der Waals surface area (Å²) in [4.78, 5) is 44.1. The van der Waals surface area contributed by atoms with Crippen molar-refractivity contribution < 1.29 is 57.0 Å². The van der Waals surface area contributed by atoms with Gasteiger partial charge in [0.25, 0.3) is 11.8 Å². The SMILES string of the molecule is COc1ccc(OCCOCCOCCOCCOCCOCCO)c(C(=O)c2ccc(C(=O)N[C@@H]3CNC[C@H]3NC(=O)c3ccc4c(c3)CN=C4)cc2)c1F. The number of methoxy groups -OCH3 is 1. The molecule has 0 saturated carbocycles. The Hall–Kier alpha value is -4.81. The number of aliphatic hydroxyl groups is 1. The Kier molecular flexibility index (Phi) is 17.1. The summed E-state index contributed by atoms with van der Waals surface area (Å²) in [7, 11) is 1.30. The molecule has 16 heteroatoms. The van der Waals surface area contributed by atoms with E-state index in [0.29, 0.717) is 84.7 Å². The molecule has 302 valence electrons. The van der Waals surface area contributed by atoms with Gasteiger partial charge in [-0.05, 0) is 47.5 Å². The molecule has 3 aromatic carbocycles. The fraction of sp³-hybridized carbons (Fsp3) is 0.450. The van der Waals surface area contributed by atoms with E-state index in [-0.39, 0.29) is 71.9 Å². The lowest BCUT2D eigenvalue weighted by Crippen LogP contribution is -2.51. The molecule has 5 rings (SSSR count). The summed E-state index contributed by atoms with van der Waals surface area (Å²) in [5, 5.41) is 17.8. The quantitative estimate of drug-likeness (QED) is 0.0726. The highest BCUT2D eigenvalue weighted by Gasteiger charge is 2.31. The lowest BCUT2D eigenvalue weighted by atomic mass is 10.00. The van der Waals surface area contributed by atoms with Gasteiger partial charge in [0.2, 0.25) is 0 Å². The summed E-state index contributed by atoms with van der Waals surface area (Å²) >= 11 is 0. The number of fused-ring (bicyclic) bond motifs is 1. The molecular formula is C40H49FN4O11. The Balaban J connectivity index is 1.04. The number of halogens is 1. The van der Waals surface area contributed by atoms with Crippen LogP contribution in [0.1, 0.15) is 47.8 Å². The third kappa shape index (κ3) is 12.3. The van der Waals surface area contributed by atoms with Crippen molar-refractivity contribution >= 4 is 23.8 Å². The zero-order valence-corrected chi connectivity index (χ0v) is 31.4. The van der Waals surface area contributed by atoms with Crippen LogP contribution in [-0.2, 0) is 30.2 Å². The van der Waals surface area contributed by atoms with Gasteiger partial charge in [-0.3, -0.25) is 19.4 Å². The van der Waals surface area contributed by atoms with Crippen LogP contribution < -0.4 is 25.4 Å². The topological polar surface area (TPSA) is 184 Å². The van der Waals surface area contributed by atoms with Crippen molar-refractivity contribution in [2.45, 2.75) is 18.6 Å². The molecule has 2 atom stereocenters. The van der Waals surface area contributed by atoms with E-state index in [1.165, 1.54) is 43.5 Å². The van der Waals surface area contributed by atoms with E-state index in [1.54, 1.807) is 12.3 Å². The first-order chi connectivity index (χ1) is 27.4. The number of ether oxygens (including phenoxy) is 7. The van der Waals surface area contributed by atoms with Crippen molar-refractivity contribution in [2.24, 2.45) is 4.99 Å². The highest BCUT2D eigenvalue weighted by Crippen LogP contribution is 2.31. The number of rotatable bonds is 25. The van der Waals surface area contributed by atoms with Crippen LogP contribution in [-0.4, -0.2) is 140 Å². The van der Waals surface area contributed by atoms with Gasteiger partial charge in [0.15, 0.2) is 17.3 Å². The van der Waals surface area contributed by atoms with Crippen molar-refractivity contribution in [3.05, 3.63) is 93.8 Å². The van der Waals surface area contributed by atoms with Crippen molar-refractivity contribution in [3.63, 3.8) is 0 Å². The van der Waals surface area contributed by atoms with E-state index < -0.39 is 11.6 Å². The minimum absolute atomic E-state index is 0.0143. The predicted octanol–water partition coefficient (Wildman–Crippen LogP) is 1.95. The number of hydrogen-bond acceptors (Lipinski definition) is 13. The van der Waals surface area contributed by atoms with Crippen LogP contribution in [0.3, 0.4) is 0 Å². The third-order valence-corrected chi connectivity index (χ3v) is 8.88. The van der Waals surface area contributed by atoms with E-state index in [4.69, 9.17) is 38.3 Å². The van der Waals surface area contributed by atoms with E-state index in [2.05, 4.69) is 20.9 Å². The fourth-order valence-electron chi connectivity index (χ4n) is 5.94. The van der Waals surface area contributed by atoms with Crippen LogP contribution in [0.4, 0.5) is 4.39 Å². The summed E-state index contributed by atoms with van der Waals surface area (Å²) in [6, 6.07) is 13.4. The Morgan fingerprint density at radius 1 is 0.714 bits per heavy atom. The smallest absolute Gasteiger partial charge is 0.251 e. The Bertz CT molecular complexity index is 1780. The van der Waals surface area contributed by atoms with Gasteiger partial charge in [-0.25, -0.2) is 4.39 Å². The molecule has 2 aliphatic heterocycles. The summed E-state index contributed by atoms with van der Waals surface area (Å²) in [6.45, 7) is 5.07. The van der Waals surface area contributed by atoms with Gasteiger partial charge in [0.1, 0.15) is 17.9 Å². The summed E-state index contributed by atoms with van der Waals surface area (Å²) in [5.74, 6) is -2.26. The van der Waals surface area contributed by atoms with Gasteiger partial charge in [-0.15, -0.1) is 0 Å². The standard InChI is InChI=1S/C40H49FN4O11/c1-50-35-9-8-34(56-21-20-55-19-18-54-17-16-53-15-14-52-13-12-51-11-10-46)36(37(35)41)38(47)27-2-4-28(5-3-27)39(48)44-32-25-43-26-33(32)45-40(49)29-6-7-30-23-42-24-31(30)22-29/h2-9,22-23,32-33,43,46H,10-21,24-26H2,1H3,(H,44,48)(H,45,49)/t32-,33-/m1/s1. The first-order valence-electron chi connectivity index (χ1n) is 18.5. The molecule has 1 fully saturated rings. The van der Waals surface area contributed by atoms with Crippen LogP contribution >= 0.6 is 0 Å². The number of benzene rings is 3. The molecule has 56 heavy (non-hydrogen) atoms. The van der Waals surface area contributed by atoms with Gasteiger partial charge < -0.3 is 54.2 Å². The number of carbonyl (C=O) groups excluding carboxylic acids is 3. The molecule has 0 aromatic heterocycles. The number of nitrogens with one attached hydrogen (secondary N) is 3. The van der Waals surface area contributed by atoms with Crippen LogP contribution in [0.15, 0.2) is 59.6 Å². The van der Waals surface area contributed by atoms with E-state index in [0.717, 1.165) is 11.1 Å². The molecule has 1 saturated heterocycles. The maximum Gasteiger partial charge on any atom is 0.251 e. The van der Waals surface area contributed by atoms with Crippen molar-refractivity contribution in [1.82, 2.24) is 16.0 Å². The summed E-state index contributed by atoms with van der Waals surface area (Å²) < 4.78 is 53.3. The van der Waals surface area contributed by atoms with Crippen molar-refractivity contribution in [3.8, 4) is 11.5 Å². The molecule has 2 aliphatic rings. The maximum atomic E-state index is 15.5. The van der Waals surface area contributed by atoms with Gasteiger partial charge in [0, 0.05) is 36.0 Å². The van der Waals surface area contributed by atoms with E-state index in [9.17, 15) is 14.4 Å². The zero-order chi connectivity index (χ0) is 39.5. The molecule has 3 aromatic rings. The molecule has 0 aliphatic carbocycles. The monoisotopic (exact) mass is 780 g/mol. The molecule has 2 amide bonds. The number of ketones is 1. The molecule has 0 radical (unpaired) electrons. The Morgan fingerprint density at radius 3 is 1.82 bits per heavy atom. The largest absolute Gasteiger partial charge is 0.494 e. The van der Waals surface area contributed by atoms with Crippen LogP contribution in [0.2, 0.25) is 0 Å². The van der Waals surface area contributed by atoms with Crippen molar-refractivity contribution in [2.75, 3.05) is 99.5 Å². The summed E-state index contributed by atoms with van der Waals surface area (Å²) in [5.41, 5.74) is 2.64. The lowest BCUT2D eigenvalue weighted by Gasteiger charge is -2.21. The van der Waals surface area contributed by atoms with Gasteiger partial charge in [0.05, 0.1) is 98.4 Å². The average Bonchev–Trinajstić information content (AvgIpc) is 3.87. The van der Waals surface area contributed by atoms with Crippen LogP contribution in [0.5, 0.6) is 11.5 Å². The average molecular weight is 781 g/mol. The number of amides is 2. The van der Waals surface area contributed by atoms with Gasteiger partial charge in [-0.2, -0.15) is 0 Å². The lowest BCUT2D eigenvalue weighted by molar-refractivity contribution is -0.0146. The zero-order valence-electron chi connectivity index (χ0n) is 31.4.